The van der Waals surface area contributed by atoms with Crippen LogP contribution in [0.25, 0.3) is 5.76 Å². The predicted octanol–water partition coefficient (Wildman–Crippen LogP) is 4.28. The zero-order chi connectivity index (χ0) is 13.3. The van der Waals surface area contributed by atoms with E-state index >= 15 is 0 Å². The number of hydrogen-bond acceptors (Lipinski definition) is 2. The van der Waals surface area contributed by atoms with Crippen molar-refractivity contribution in [2.24, 2.45) is 0 Å². The van der Waals surface area contributed by atoms with Crippen LogP contribution in [0.2, 0.25) is 0 Å². The van der Waals surface area contributed by atoms with Crippen LogP contribution in [0.4, 0.5) is 0 Å². The molecular weight excluding hydrogens is 236 g/mol. The second kappa shape index (κ2) is 4.47. The van der Waals surface area contributed by atoms with Gasteiger partial charge < -0.3 is 9.47 Å². The molecule has 2 aromatic rings. The largest absolute Gasteiger partial charge is 0.483 e. The Labute approximate surface area is 113 Å². The van der Waals surface area contributed by atoms with E-state index in [9.17, 15) is 0 Å². The lowest BCUT2D eigenvalue weighted by Gasteiger charge is -2.30. The van der Waals surface area contributed by atoms with Crippen molar-refractivity contribution in [1.82, 2.24) is 0 Å². The zero-order valence-electron chi connectivity index (χ0n) is 11.1. The van der Waals surface area contributed by atoms with E-state index in [0.717, 1.165) is 22.8 Å². The smallest absolute Gasteiger partial charge is 0.138 e. The first-order chi connectivity index (χ1) is 9.14. The number of ether oxygens (including phenoxy) is 2. The minimum absolute atomic E-state index is 0.363. The molecule has 2 heteroatoms. The van der Waals surface area contributed by atoms with Crippen LogP contribution in [0.3, 0.4) is 0 Å². The molecule has 0 saturated heterocycles. The Balaban J connectivity index is 2.01. The topological polar surface area (TPSA) is 18.5 Å². The first-order valence-electron chi connectivity index (χ1n) is 6.38. The molecule has 96 valence electrons. The third-order valence-corrected chi connectivity index (χ3v) is 2.98. The van der Waals surface area contributed by atoms with E-state index in [0.29, 0.717) is 0 Å². The van der Waals surface area contributed by atoms with Gasteiger partial charge in [0.2, 0.25) is 0 Å². The van der Waals surface area contributed by atoms with Gasteiger partial charge in [-0.3, -0.25) is 0 Å². The molecule has 0 aromatic heterocycles. The summed E-state index contributed by atoms with van der Waals surface area (Å²) < 4.78 is 11.9. The molecule has 1 aliphatic rings. The number of hydrogen-bond donors (Lipinski definition) is 0. The minimum atomic E-state index is -0.363. The molecule has 1 aliphatic heterocycles. The van der Waals surface area contributed by atoms with Gasteiger partial charge in [0.25, 0.3) is 0 Å². The van der Waals surface area contributed by atoms with E-state index in [1.165, 1.54) is 0 Å². The van der Waals surface area contributed by atoms with Crippen molar-refractivity contribution >= 4 is 5.76 Å². The number of fused-ring (bicyclic) bond motifs is 1. The van der Waals surface area contributed by atoms with Gasteiger partial charge in [0.15, 0.2) is 0 Å². The van der Waals surface area contributed by atoms with Gasteiger partial charge in [-0.2, -0.15) is 0 Å². The van der Waals surface area contributed by atoms with E-state index < -0.39 is 0 Å². The Morgan fingerprint density at radius 2 is 1.58 bits per heavy atom. The van der Waals surface area contributed by atoms with Crippen LogP contribution in [0.15, 0.2) is 60.7 Å². The molecule has 0 amide bonds. The van der Waals surface area contributed by atoms with E-state index in [4.69, 9.17) is 9.47 Å². The van der Waals surface area contributed by atoms with E-state index in [1.54, 1.807) is 0 Å². The van der Waals surface area contributed by atoms with Crippen LogP contribution in [0.1, 0.15) is 19.4 Å². The van der Waals surface area contributed by atoms with Gasteiger partial charge in [-0.25, -0.2) is 0 Å². The Morgan fingerprint density at radius 3 is 2.37 bits per heavy atom. The standard InChI is InChI=1S/C17H16O2/c1-17(2)12-16(18-13-8-4-3-5-9-13)14-10-6-7-11-15(14)19-17/h3-12H,1-2H3. The van der Waals surface area contributed by atoms with Crippen molar-refractivity contribution in [3.63, 3.8) is 0 Å². The van der Waals surface area contributed by atoms with Crippen molar-refractivity contribution in [3.8, 4) is 11.5 Å². The van der Waals surface area contributed by atoms with Gasteiger partial charge in [0.05, 0.1) is 5.56 Å². The monoisotopic (exact) mass is 252 g/mol. The van der Waals surface area contributed by atoms with Gasteiger partial charge in [0.1, 0.15) is 22.9 Å². The van der Waals surface area contributed by atoms with Crippen LogP contribution in [0.5, 0.6) is 11.5 Å². The Morgan fingerprint density at radius 1 is 0.895 bits per heavy atom. The summed E-state index contributed by atoms with van der Waals surface area (Å²) in [6.07, 6.45) is 2.02. The van der Waals surface area contributed by atoms with Crippen LogP contribution < -0.4 is 9.47 Å². The first kappa shape index (κ1) is 11.8. The van der Waals surface area contributed by atoms with E-state index in [1.807, 2.05) is 74.5 Å². The van der Waals surface area contributed by atoms with Gasteiger partial charge in [0, 0.05) is 6.08 Å². The summed E-state index contributed by atoms with van der Waals surface area (Å²) in [6, 6.07) is 17.8. The molecule has 2 nitrogen and oxygen atoms in total. The van der Waals surface area contributed by atoms with Gasteiger partial charge in [-0.1, -0.05) is 30.3 Å². The summed E-state index contributed by atoms with van der Waals surface area (Å²) in [4.78, 5) is 0. The highest BCUT2D eigenvalue weighted by Gasteiger charge is 2.27. The van der Waals surface area contributed by atoms with Crippen LogP contribution in [-0.2, 0) is 0 Å². The fourth-order valence-corrected chi connectivity index (χ4v) is 2.17. The molecule has 0 atom stereocenters. The summed E-state index contributed by atoms with van der Waals surface area (Å²) in [5.41, 5.74) is 0.629. The summed E-state index contributed by atoms with van der Waals surface area (Å²) >= 11 is 0. The molecule has 0 spiro atoms. The SMILES string of the molecule is CC1(C)C=C(Oc2ccccc2)c2ccccc2O1. The molecule has 3 rings (SSSR count). The summed E-state index contributed by atoms with van der Waals surface area (Å²) in [5, 5.41) is 0. The molecule has 2 aromatic carbocycles. The molecule has 0 bridgehead atoms. The second-order valence-corrected chi connectivity index (χ2v) is 5.13. The molecular formula is C17H16O2. The number of para-hydroxylation sites is 2. The molecule has 0 aliphatic carbocycles. The maximum atomic E-state index is 6.00. The van der Waals surface area contributed by atoms with Gasteiger partial charge in [-0.15, -0.1) is 0 Å². The van der Waals surface area contributed by atoms with Crippen molar-refractivity contribution < 1.29 is 9.47 Å². The van der Waals surface area contributed by atoms with Crippen LogP contribution in [-0.4, -0.2) is 5.60 Å². The van der Waals surface area contributed by atoms with Crippen molar-refractivity contribution in [1.29, 1.82) is 0 Å². The van der Waals surface area contributed by atoms with Gasteiger partial charge >= 0.3 is 0 Å². The maximum Gasteiger partial charge on any atom is 0.138 e. The second-order valence-electron chi connectivity index (χ2n) is 5.13. The highest BCUT2D eigenvalue weighted by molar-refractivity contribution is 5.70. The van der Waals surface area contributed by atoms with Crippen LogP contribution in [0, 0.1) is 0 Å². The third-order valence-electron chi connectivity index (χ3n) is 2.98. The number of benzene rings is 2. The van der Waals surface area contributed by atoms with E-state index in [2.05, 4.69) is 0 Å². The highest BCUT2D eigenvalue weighted by atomic mass is 16.5. The van der Waals surface area contributed by atoms with E-state index in [-0.39, 0.29) is 5.60 Å². The average Bonchev–Trinajstić information content (AvgIpc) is 2.38. The number of rotatable bonds is 2. The van der Waals surface area contributed by atoms with Crippen molar-refractivity contribution in [3.05, 3.63) is 66.2 Å². The predicted molar refractivity (Wildman–Crippen MR) is 76.2 cm³/mol. The fourth-order valence-electron chi connectivity index (χ4n) is 2.17. The lowest BCUT2D eigenvalue weighted by atomic mass is 10.0. The molecule has 0 radical (unpaired) electrons. The maximum absolute atomic E-state index is 6.00. The Kier molecular flexibility index (Phi) is 2.79. The summed E-state index contributed by atoms with van der Waals surface area (Å²) in [5.74, 6) is 2.54. The zero-order valence-corrected chi connectivity index (χ0v) is 11.1. The van der Waals surface area contributed by atoms with Crippen molar-refractivity contribution in [2.45, 2.75) is 19.4 Å². The summed E-state index contributed by atoms with van der Waals surface area (Å²) in [7, 11) is 0. The van der Waals surface area contributed by atoms with Crippen molar-refractivity contribution in [2.75, 3.05) is 0 Å². The Bertz CT molecular complexity index is 612. The average molecular weight is 252 g/mol. The highest BCUT2D eigenvalue weighted by Crippen LogP contribution is 2.36. The molecule has 0 fully saturated rings. The summed E-state index contributed by atoms with van der Waals surface area (Å²) in [6.45, 7) is 4.05. The minimum Gasteiger partial charge on any atom is -0.483 e. The normalized spacial score (nSPS) is 16.0. The first-order valence-corrected chi connectivity index (χ1v) is 6.38. The molecule has 0 N–H and O–H groups in total. The van der Waals surface area contributed by atoms with Crippen LogP contribution >= 0.6 is 0 Å². The molecule has 0 saturated carbocycles. The fraction of sp³-hybridized carbons (Fsp3) is 0.176. The molecule has 0 unspecified atom stereocenters. The van der Waals surface area contributed by atoms with Gasteiger partial charge in [-0.05, 0) is 38.1 Å². The quantitative estimate of drug-likeness (QED) is 0.794. The lowest BCUT2D eigenvalue weighted by molar-refractivity contribution is 0.154. The lowest BCUT2D eigenvalue weighted by Crippen LogP contribution is -2.29. The third kappa shape index (κ3) is 2.48. The molecule has 19 heavy (non-hydrogen) atoms. The Hall–Kier alpha value is -2.22. The molecule has 1 heterocycles.